The van der Waals surface area contributed by atoms with Crippen LogP contribution in [0.25, 0.3) is 0 Å². The van der Waals surface area contributed by atoms with Gasteiger partial charge in [-0.25, -0.2) is 9.59 Å². The van der Waals surface area contributed by atoms with Crippen LogP contribution in [0.2, 0.25) is 0 Å². The molecular weight excluding hydrogens is 338 g/mol. The van der Waals surface area contributed by atoms with E-state index in [-0.39, 0.29) is 16.8 Å². The lowest BCUT2D eigenvalue weighted by Crippen LogP contribution is -2.31. The van der Waals surface area contributed by atoms with Crippen LogP contribution in [0.5, 0.6) is 5.75 Å². The molecule has 0 aliphatic rings. The van der Waals surface area contributed by atoms with E-state index in [0.717, 1.165) is 0 Å². The maximum atomic E-state index is 12.4. The van der Waals surface area contributed by atoms with E-state index in [1.807, 2.05) is 6.07 Å². The number of benzene rings is 2. The molecular formula is C19H19NO6. The number of hydrogen-bond acceptors (Lipinski definition) is 6. The molecule has 1 atom stereocenters. The third-order valence-electron chi connectivity index (χ3n) is 3.53. The molecule has 2 rings (SSSR count). The molecule has 0 aliphatic heterocycles. The zero-order chi connectivity index (χ0) is 19.1. The largest absolute Gasteiger partial charge is 0.481 e. The van der Waals surface area contributed by atoms with Crippen molar-refractivity contribution in [2.24, 2.45) is 0 Å². The second kappa shape index (κ2) is 8.66. The van der Waals surface area contributed by atoms with Gasteiger partial charge in [0.05, 0.1) is 31.0 Å². The number of amides is 1. The number of methoxy groups -OCH3 is 2. The second-order valence-electron chi connectivity index (χ2n) is 5.31. The Balaban J connectivity index is 2.23. The molecule has 0 bridgehead atoms. The first kappa shape index (κ1) is 19.0. The van der Waals surface area contributed by atoms with E-state index in [4.69, 9.17) is 9.47 Å². The highest BCUT2D eigenvalue weighted by molar-refractivity contribution is 6.04. The fourth-order valence-corrected chi connectivity index (χ4v) is 2.17. The summed E-state index contributed by atoms with van der Waals surface area (Å²) in [6.07, 6.45) is -0.829. The summed E-state index contributed by atoms with van der Waals surface area (Å²) < 4.78 is 14.9. The van der Waals surface area contributed by atoms with Gasteiger partial charge >= 0.3 is 11.9 Å². The molecule has 0 saturated heterocycles. The quantitative estimate of drug-likeness (QED) is 0.799. The van der Waals surface area contributed by atoms with Crippen molar-refractivity contribution in [3.05, 3.63) is 59.7 Å². The molecule has 26 heavy (non-hydrogen) atoms. The van der Waals surface area contributed by atoms with Crippen molar-refractivity contribution < 1.29 is 28.6 Å². The minimum absolute atomic E-state index is 0.111. The summed E-state index contributed by atoms with van der Waals surface area (Å²) in [6.45, 7) is 1.57. The molecule has 1 N–H and O–H groups in total. The third kappa shape index (κ3) is 4.60. The van der Waals surface area contributed by atoms with Gasteiger partial charge in [0.25, 0.3) is 5.91 Å². The standard InChI is InChI=1S/C19H19NO6/c1-12(26-14-7-5-4-6-8-14)17(21)20-16-11-13(18(22)24-2)9-10-15(16)19(23)25-3/h4-12H,1-3H3,(H,20,21). The Kier molecular flexibility index (Phi) is 6.32. The Bertz CT molecular complexity index is 803. The second-order valence-corrected chi connectivity index (χ2v) is 5.31. The molecule has 136 valence electrons. The van der Waals surface area contributed by atoms with Crippen molar-refractivity contribution in [1.29, 1.82) is 0 Å². The van der Waals surface area contributed by atoms with Crippen LogP contribution in [0.3, 0.4) is 0 Å². The first-order valence-electron chi connectivity index (χ1n) is 7.79. The van der Waals surface area contributed by atoms with Crippen molar-refractivity contribution in [1.82, 2.24) is 0 Å². The molecule has 0 heterocycles. The van der Waals surface area contributed by atoms with Gasteiger partial charge in [0, 0.05) is 0 Å². The summed E-state index contributed by atoms with van der Waals surface area (Å²) in [7, 11) is 2.47. The van der Waals surface area contributed by atoms with E-state index in [1.54, 1.807) is 31.2 Å². The van der Waals surface area contributed by atoms with Gasteiger partial charge < -0.3 is 19.5 Å². The highest BCUT2D eigenvalue weighted by Crippen LogP contribution is 2.21. The number of anilines is 1. The van der Waals surface area contributed by atoms with Crippen LogP contribution in [-0.4, -0.2) is 38.2 Å². The molecule has 0 fully saturated rings. The SMILES string of the molecule is COC(=O)c1ccc(C(=O)OC)c(NC(=O)C(C)Oc2ccccc2)c1. The van der Waals surface area contributed by atoms with Crippen molar-refractivity contribution in [2.45, 2.75) is 13.0 Å². The molecule has 7 heteroatoms. The number of hydrogen-bond donors (Lipinski definition) is 1. The average molecular weight is 357 g/mol. The topological polar surface area (TPSA) is 90.9 Å². The van der Waals surface area contributed by atoms with Crippen LogP contribution < -0.4 is 10.1 Å². The zero-order valence-electron chi connectivity index (χ0n) is 14.6. The number of para-hydroxylation sites is 1. The molecule has 7 nitrogen and oxygen atoms in total. The molecule has 1 unspecified atom stereocenters. The number of esters is 2. The van der Waals surface area contributed by atoms with Gasteiger partial charge in [0.15, 0.2) is 6.10 Å². The number of rotatable bonds is 6. The van der Waals surface area contributed by atoms with Gasteiger partial charge in [-0.3, -0.25) is 4.79 Å². The van der Waals surface area contributed by atoms with Crippen LogP contribution in [0.15, 0.2) is 48.5 Å². The predicted molar refractivity (Wildman–Crippen MR) is 94.3 cm³/mol. The monoisotopic (exact) mass is 357 g/mol. The summed E-state index contributed by atoms with van der Waals surface area (Å²) in [6, 6.07) is 13.0. The summed E-state index contributed by atoms with van der Waals surface area (Å²) in [4.78, 5) is 36.0. The van der Waals surface area contributed by atoms with E-state index in [0.29, 0.717) is 5.75 Å². The maximum Gasteiger partial charge on any atom is 0.339 e. The van der Waals surface area contributed by atoms with Crippen LogP contribution in [0.1, 0.15) is 27.6 Å². The Labute approximate surface area is 150 Å². The number of nitrogens with one attached hydrogen (secondary N) is 1. The molecule has 0 saturated carbocycles. The van der Waals surface area contributed by atoms with E-state index in [1.165, 1.54) is 32.4 Å². The Hall–Kier alpha value is -3.35. The van der Waals surface area contributed by atoms with Gasteiger partial charge in [-0.2, -0.15) is 0 Å². The molecule has 2 aromatic rings. The highest BCUT2D eigenvalue weighted by Gasteiger charge is 2.20. The first-order valence-corrected chi connectivity index (χ1v) is 7.79. The smallest absolute Gasteiger partial charge is 0.339 e. The Morgan fingerprint density at radius 2 is 1.58 bits per heavy atom. The summed E-state index contributed by atoms with van der Waals surface area (Å²) in [5.41, 5.74) is 0.431. The maximum absolute atomic E-state index is 12.4. The van der Waals surface area contributed by atoms with Gasteiger partial charge in [0.1, 0.15) is 5.75 Å². The fourth-order valence-electron chi connectivity index (χ4n) is 2.17. The zero-order valence-corrected chi connectivity index (χ0v) is 14.6. The first-order chi connectivity index (χ1) is 12.5. The lowest BCUT2D eigenvalue weighted by atomic mass is 10.1. The number of carbonyl (C=O) groups is 3. The van der Waals surface area contributed by atoms with Crippen molar-refractivity contribution in [2.75, 3.05) is 19.5 Å². The summed E-state index contributed by atoms with van der Waals surface area (Å²) in [5.74, 6) is -1.19. The van der Waals surface area contributed by atoms with Crippen molar-refractivity contribution in [3.63, 3.8) is 0 Å². The van der Waals surface area contributed by atoms with Gasteiger partial charge in [-0.1, -0.05) is 18.2 Å². The van der Waals surface area contributed by atoms with Crippen molar-refractivity contribution in [3.8, 4) is 5.75 Å². The summed E-state index contributed by atoms with van der Waals surface area (Å²) >= 11 is 0. The lowest BCUT2D eigenvalue weighted by Gasteiger charge is -2.16. The normalized spacial score (nSPS) is 11.2. The molecule has 1 amide bonds. The van der Waals surface area contributed by atoms with Crippen LogP contribution >= 0.6 is 0 Å². The van der Waals surface area contributed by atoms with E-state index in [2.05, 4.69) is 10.1 Å². The van der Waals surface area contributed by atoms with E-state index < -0.39 is 23.9 Å². The van der Waals surface area contributed by atoms with Crippen LogP contribution in [-0.2, 0) is 14.3 Å². The Morgan fingerprint density at radius 3 is 2.19 bits per heavy atom. The summed E-state index contributed by atoms with van der Waals surface area (Å²) in [5, 5.41) is 2.59. The van der Waals surface area contributed by atoms with E-state index >= 15 is 0 Å². The van der Waals surface area contributed by atoms with Gasteiger partial charge in [-0.15, -0.1) is 0 Å². The third-order valence-corrected chi connectivity index (χ3v) is 3.53. The van der Waals surface area contributed by atoms with Crippen molar-refractivity contribution >= 4 is 23.5 Å². The minimum Gasteiger partial charge on any atom is -0.481 e. The minimum atomic E-state index is -0.829. The predicted octanol–water partition coefficient (Wildman–Crippen LogP) is 2.67. The number of ether oxygens (including phenoxy) is 3. The molecule has 0 aliphatic carbocycles. The number of carbonyl (C=O) groups excluding carboxylic acids is 3. The Morgan fingerprint density at radius 1 is 0.923 bits per heavy atom. The highest BCUT2D eigenvalue weighted by atomic mass is 16.5. The average Bonchev–Trinajstić information content (AvgIpc) is 2.67. The van der Waals surface area contributed by atoms with Gasteiger partial charge in [0.2, 0.25) is 0 Å². The molecule has 2 aromatic carbocycles. The molecule has 0 aromatic heterocycles. The van der Waals surface area contributed by atoms with E-state index in [9.17, 15) is 14.4 Å². The molecule has 0 radical (unpaired) electrons. The van der Waals surface area contributed by atoms with Crippen LogP contribution in [0, 0.1) is 0 Å². The van der Waals surface area contributed by atoms with Crippen LogP contribution in [0.4, 0.5) is 5.69 Å². The molecule has 0 spiro atoms. The fraction of sp³-hybridized carbons (Fsp3) is 0.211. The lowest BCUT2D eigenvalue weighted by molar-refractivity contribution is -0.122. The van der Waals surface area contributed by atoms with Gasteiger partial charge in [-0.05, 0) is 37.3 Å².